The first-order chi connectivity index (χ1) is 5.66. The Bertz CT molecular complexity index is 93.8. The monoisotopic (exact) mass is 191 g/mol. The summed E-state index contributed by atoms with van der Waals surface area (Å²) in [6.45, 7) is 8.72. The van der Waals surface area contributed by atoms with Gasteiger partial charge in [0, 0.05) is 11.9 Å². The van der Waals surface area contributed by atoms with E-state index >= 15 is 0 Å². The summed E-state index contributed by atoms with van der Waals surface area (Å²) in [5.74, 6) is 0.789. The summed E-state index contributed by atoms with van der Waals surface area (Å²) < 4.78 is 0. The van der Waals surface area contributed by atoms with Crippen molar-refractivity contribution in [3.05, 3.63) is 0 Å². The van der Waals surface area contributed by atoms with E-state index in [0.29, 0.717) is 5.38 Å². The molecule has 1 atom stereocenters. The molecule has 0 aliphatic rings. The van der Waals surface area contributed by atoms with Crippen LogP contribution in [0.5, 0.6) is 0 Å². The van der Waals surface area contributed by atoms with E-state index in [-0.39, 0.29) is 0 Å². The van der Waals surface area contributed by atoms with Crippen LogP contribution in [0.4, 0.5) is 0 Å². The zero-order chi connectivity index (χ0) is 9.40. The summed E-state index contributed by atoms with van der Waals surface area (Å²) in [4.78, 5) is 0. The summed E-state index contributed by atoms with van der Waals surface area (Å²) in [5, 5.41) is 3.69. The molecule has 0 amide bonds. The molecule has 0 aromatic carbocycles. The zero-order valence-corrected chi connectivity index (χ0v) is 9.32. The van der Waals surface area contributed by atoms with Crippen molar-refractivity contribution in [2.45, 2.75) is 45.4 Å². The van der Waals surface area contributed by atoms with Gasteiger partial charge in [0.2, 0.25) is 0 Å². The van der Waals surface area contributed by atoms with Crippen LogP contribution in [0, 0.1) is 5.92 Å². The van der Waals surface area contributed by atoms with E-state index in [1.54, 1.807) is 0 Å². The second-order valence-corrected chi connectivity index (χ2v) is 4.39. The van der Waals surface area contributed by atoms with Crippen molar-refractivity contribution in [3.8, 4) is 0 Å². The van der Waals surface area contributed by atoms with E-state index in [2.05, 4.69) is 26.1 Å². The van der Waals surface area contributed by atoms with Crippen LogP contribution in [0.2, 0.25) is 0 Å². The second-order valence-electron chi connectivity index (χ2n) is 3.77. The first-order valence-electron chi connectivity index (χ1n) is 5.01. The van der Waals surface area contributed by atoms with Crippen molar-refractivity contribution < 1.29 is 0 Å². The van der Waals surface area contributed by atoms with E-state index in [0.717, 1.165) is 25.4 Å². The predicted octanol–water partition coefficient (Wildman–Crippen LogP) is 3.03. The molecule has 1 unspecified atom stereocenters. The van der Waals surface area contributed by atoms with Crippen molar-refractivity contribution in [2.75, 3.05) is 13.1 Å². The maximum absolute atomic E-state index is 6.03. The van der Waals surface area contributed by atoms with Gasteiger partial charge in [0.15, 0.2) is 0 Å². The van der Waals surface area contributed by atoms with Crippen molar-refractivity contribution in [2.24, 2.45) is 5.92 Å². The summed E-state index contributed by atoms with van der Waals surface area (Å²) in [6, 6.07) is 0. The number of alkyl halides is 1. The maximum atomic E-state index is 6.03. The number of hydrogen-bond acceptors (Lipinski definition) is 1. The topological polar surface area (TPSA) is 12.0 Å². The number of halogens is 1. The minimum atomic E-state index is 0.321. The lowest BCUT2D eigenvalue weighted by Gasteiger charge is -2.10. The fourth-order valence-corrected chi connectivity index (χ4v) is 1.39. The Balaban J connectivity index is 3.08. The Labute approximate surface area is 81.9 Å². The summed E-state index contributed by atoms with van der Waals surface area (Å²) in [7, 11) is 0. The lowest BCUT2D eigenvalue weighted by atomic mass is 10.1. The minimum Gasteiger partial charge on any atom is -0.315 e. The molecule has 0 saturated carbocycles. The third-order valence-electron chi connectivity index (χ3n) is 1.87. The van der Waals surface area contributed by atoms with Gasteiger partial charge in [-0.2, -0.15) is 0 Å². The van der Waals surface area contributed by atoms with E-state index in [1.165, 1.54) is 12.8 Å². The lowest BCUT2D eigenvalue weighted by Crippen LogP contribution is -2.24. The van der Waals surface area contributed by atoms with Gasteiger partial charge in [0.05, 0.1) is 0 Å². The van der Waals surface area contributed by atoms with E-state index in [4.69, 9.17) is 11.6 Å². The third-order valence-corrected chi connectivity index (χ3v) is 2.24. The Morgan fingerprint density at radius 2 is 1.92 bits per heavy atom. The molecular weight excluding hydrogens is 170 g/mol. The molecule has 0 spiro atoms. The van der Waals surface area contributed by atoms with Crippen LogP contribution in [0.1, 0.15) is 40.0 Å². The van der Waals surface area contributed by atoms with Crippen LogP contribution in [0.15, 0.2) is 0 Å². The van der Waals surface area contributed by atoms with Crippen LogP contribution >= 0.6 is 11.6 Å². The molecule has 2 heteroatoms. The Hall–Kier alpha value is 0.250. The fourth-order valence-electron chi connectivity index (χ4n) is 1.06. The van der Waals surface area contributed by atoms with Gasteiger partial charge in [0.1, 0.15) is 0 Å². The Morgan fingerprint density at radius 3 is 2.42 bits per heavy atom. The van der Waals surface area contributed by atoms with Gasteiger partial charge in [-0.3, -0.25) is 0 Å². The standard InChI is InChI=1S/C10H22ClN/c1-4-5-10(11)8-12-7-6-9(2)3/h9-10,12H,4-8H2,1-3H3. The highest BCUT2D eigenvalue weighted by molar-refractivity contribution is 6.20. The van der Waals surface area contributed by atoms with Gasteiger partial charge >= 0.3 is 0 Å². The van der Waals surface area contributed by atoms with Gasteiger partial charge in [-0.15, -0.1) is 11.6 Å². The Kier molecular flexibility index (Phi) is 8.04. The third kappa shape index (κ3) is 8.35. The van der Waals surface area contributed by atoms with Gasteiger partial charge < -0.3 is 5.32 Å². The van der Waals surface area contributed by atoms with E-state index in [1.807, 2.05) is 0 Å². The molecule has 0 fully saturated rings. The fraction of sp³-hybridized carbons (Fsp3) is 1.00. The number of hydrogen-bond donors (Lipinski definition) is 1. The van der Waals surface area contributed by atoms with Crippen molar-refractivity contribution in [1.29, 1.82) is 0 Å². The molecule has 0 saturated heterocycles. The predicted molar refractivity (Wildman–Crippen MR) is 56.9 cm³/mol. The maximum Gasteiger partial charge on any atom is 0.0460 e. The zero-order valence-electron chi connectivity index (χ0n) is 8.57. The second kappa shape index (κ2) is 7.88. The van der Waals surface area contributed by atoms with E-state index in [9.17, 15) is 0 Å². The molecule has 0 aromatic rings. The number of nitrogens with one attached hydrogen (secondary N) is 1. The van der Waals surface area contributed by atoms with Crippen LogP contribution in [-0.4, -0.2) is 18.5 Å². The van der Waals surface area contributed by atoms with Crippen LogP contribution < -0.4 is 5.32 Å². The summed E-state index contributed by atoms with van der Waals surface area (Å²) >= 11 is 6.03. The SMILES string of the molecule is CCCC(Cl)CNCCC(C)C. The molecule has 0 heterocycles. The molecule has 0 radical (unpaired) electrons. The molecule has 0 aliphatic carbocycles. The molecule has 12 heavy (non-hydrogen) atoms. The van der Waals surface area contributed by atoms with Crippen molar-refractivity contribution >= 4 is 11.6 Å². The summed E-state index contributed by atoms with van der Waals surface area (Å²) in [5.41, 5.74) is 0. The number of rotatable bonds is 7. The quantitative estimate of drug-likeness (QED) is 0.482. The average Bonchev–Trinajstić information content (AvgIpc) is 1.98. The highest BCUT2D eigenvalue weighted by atomic mass is 35.5. The van der Waals surface area contributed by atoms with Gasteiger partial charge in [0.25, 0.3) is 0 Å². The van der Waals surface area contributed by atoms with Crippen LogP contribution in [0.3, 0.4) is 0 Å². The largest absolute Gasteiger partial charge is 0.315 e. The molecule has 74 valence electrons. The molecule has 0 bridgehead atoms. The first-order valence-corrected chi connectivity index (χ1v) is 5.45. The first kappa shape index (κ1) is 12.2. The van der Waals surface area contributed by atoms with Crippen molar-refractivity contribution in [3.63, 3.8) is 0 Å². The van der Waals surface area contributed by atoms with Crippen LogP contribution in [0.25, 0.3) is 0 Å². The smallest absolute Gasteiger partial charge is 0.0460 e. The molecule has 1 N–H and O–H groups in total. The van der Waals surface area contributed by atoms with Gasteiger partial charge in [-0.25, -0.2) is 0 Å². The van der Waals surface area contributed by atoms with Gasteiger partial charge in [-0.1, -0.05) is 27.2 Å². The summed E-state index contributed by atoms with van der Waals surface area (Å²) in [6.07, 6.45) is 3.55. The highest BCUT2D eigenvalue weighted by Crippen LogP contribution is 2.03. The molecule has 0 aliphatic heterocycles. The molecular formula is C10H22ClN. The molecule has 0 rings (SSSR count). The normalized spacial score (nSPS) is 13.8. The average molecular weight is 192 g/mol. The minimum absolute atomic E-state index is 0.321. The van der Waals surface area contributed by atoms with Gasteiger partial charge in [-0.05, 0) is 25.3 Å². The lowest BCUT2D eigenvalue weighted by molar-refractivity contribution is 0.528. The van der Waals surface area contributed by atoms with Crippen molar-refractivity contribution in [1.82, 2.24) is 5.32 Å². The highest BCUT2D eigenvalue weighted by Gasteiger charge is 2.01. The van der Waals surface area contributed by atoms with Crippen LogP contribution in [-0.2, 0) is 0 Å². The Morgan fingerprint density at radius 1 is 1.25 bits per heavy atom. The van der Waals surface area contributed by atoms with E-state index < -0.39 is 0 Å². The molecule has 0 aromatic heterocycles. The molecule has 1 nitrogen and oxygen atoms in total.